The number of rotatable bonds is 21. The largest absolute Gasteiger partial charge is 0.508 e. The Morgan fingerprint density at radius 1 is 0.704 bits per heavy atom. The van der Waals surface area contributed by atoms with Crippen LogP contribution >= 0.6 is 0 Å². The van der Waals surface area contributed by atoms with Gasteiger partial charge in [0.2, 0.25) is 0 Å². The normalized spacial score (nSPS) is 15.8. The number of fused-ring (bicyclic) bond motifs is 4. The van der Waals surface area contributed by atoms with Crippen molar-refractivity contribution in [1.82, 2.24) is 24.8 Å². The summed E-state index contributed by atoms with van der Waals surface area (Å²) < 4.78 is 35.3. The SMILES string of the molecule is O=C(CCCCCNC(=O)OCC1c2ccccc2-c2ccccc21)OC[C@@H]1C[C@@H](OC(=O)OCCc2ccc([N+](=O)[O-])cc2)[C@H](n2cnc3c(NC(=O)OCCc4ccc([N+](=O)[O-])cc4)ncnc32)O1. The van der Waals surface area contributed by atoms with Gasteiger partial charge in [-0.25, -0.2) is 29.3 Å². The van der Waals surface area contributed by atoms with Gasteiger partial charge in [0, 0.05) is 62.4 Å². The van der Waals surface area contributed by atoms with Gasteiger partial charge in [0.25, 0.3) is 11.4 Å². The highest BCUT2D eigenvalue weighted by Gasteiger charge is 2.41. The van der Waals surface area contributed by atoms with Crippen LogP contribution in [0.2, 0.25) is 0 Å². The molecule has 2 aliphatic rings. The van der Waals surface area contributed by atoms with Crippen molar-refractivity contribution >= 4 is 52.7 Å². The van der Waals surface area contributed by atoms with E-state index in [-0.39, 0.29) is 80.0 Å². The zero-order chi connectivity index (χ0) is 49.7. The molecule has 22 nitrogen and oxygen atoms in total. The molecular formula is C49H48N8O14. The molecule has 0 unspecified atom stereocenters. The number of hydrogen-bond acceptors (Lipinski definition) is 17. The molecule has 1 saturated heterocycles. The zero-order valence-electron chi connectivity index (χ0n) is 38.1. The highest BCUT2D eigenvalue weighted by molar-refractivity contribution is 5.93. The number of non-ortho nitro benzene ring substituents is 2. The van der Waals surface area contributed by atoms with Crippen LogP contribution in [0.25, 0.3) is 22.3 Å². The summed E-state index contributed by atoms with van der Waals surface area (Å²) in [6.07, 6.45) is -0.141. The molecule has 368 valence electrons. The first-order chi connectivity index (χ1) is 34.5. The van der Waals surface area contributed by atoms with E-state index in [2.05, 4.69) is 49.9 Å². The third-order valence-electron chi connectivity index (χ3n) is 11.9. The van der Waals surface area contributed by atoms with Crippen LogP contribution in [0.5, 0.6) is 0 Å². The second kappa shape index (κ2) is 23.2. The van der Waals surface area contributed by atoms with E-state index in [4.69, 9.17) is 28.4 Å². The van der Waals surface area contributed by atoms with Gasteiger partial charge in [-0.1, -0.05) is 79.2 Å². The van der Waals surface area contributed by atoms with Crippen LogP contribution in [0.4, 0.5) is 31.6 Å². The fraction of sp³-hybridized carbons (Fsp3) is 0.327. The topological polar surface area (TPSA) is 278 Å². The van der Waals surface area contributed by atoms with Gasteiger partial charge in [0.15, 0.2) is 29.3 Å². The lowest BCUT2D eigenvalue weighted by Crippen LogP contribution is -2.27. The number of carbonyl (C=O) groups excluding carboxylic acids is 4. The second-order valence-electron chi connectivity index (χ2n) is 16.5. The van der Waals surface area contributed by atoms with E-state index in [1.54, 1.807) is 24.3 Å². The molecular weight excluding hydrogens is 925 g/mol. The Morgan fingerprint density at radius 3 is 1.99 bits per heavy atom. The summed E-state index contributed by atoms with van der Waals surface area (Å²) in [5.41, 5.74) is 6.16. The molecule has 2 N–H and O–H groups in total. The molecule has 71 heavy (non-hydrogen) atoms. The van der Waals surface area contributed by atoms with Gasteiger partial charge in [-0.2, -0.15) is 0 Å². The third-order valence-corrected chi connectivity index (χ3v) is 11.9. The molecule has 0 bridgehead atoms. The third kappa shape index (κ3) is 12.6. The summed E-state index contributed by atoms with van der Waals surface area (Å²) in [4.78, 5) is 85.0. The van der Waals surface area contributed by atoms with Crippen molar-refractivity contribution in [3.05, 3.63) is 152 Å². The van der Waals surface area contributed by atoms with Gasteiger partial charge in [0.05, 0.1) is 35.5 Å². The van der Waals surface area contributed by atoms with Gasteiger partial charge in [0.1, 0.15) is 19.5 Å². The fourth-order valence-electron chi connectivity index (χ4n) is 8.35. The Bertz CT molecular complexity index is 2830. The van der Waals surface area contributed by atoms with Crippen molar-refractivity contribution in [1.29, 1.82) is 0 Å². The average Bonchev–Trinajstić information content (AvgIpc) is 4.08. The molecule has 2 aromatic heterocycles. The number of benzene rings is 4. The minimum atomic E-state index is -1.05. The number of nitrogens with one attached hydrogen (secondary N) is 2. The Labute approximate surface area is 404 Å². The van der Waals surface area contributed by atoms with Crippen LogP contribution < -0.4 is 10.6 Å². The van der Waals surface area contributed by atoms with E-state index in [0.29, 0.717) is 37.8 Å². The van der Waals surface area contributed by atoms with E-state index in [1.165, 1.54) is 41.5 Å². The quantitative estimate of drug-likeness (QED) is 0.0226. The second-order valence-corrected chi connectivity index (χ2v) is 16.5. The van der Waals surface area contributed by atoms with Gasteiger partial charge >= 0.3 is 24.3 Å². The number of aromatic nitrogens is 4. The Balaban J connectivity index is 0.809. The summed E-state index contributed by atoms with van der Waals surface area (Å²) in [5, 5.41) is 27.3. The molecule has 4 aromatic carbocycles. The predicted molar refractivity (Wildman–Crippen MR) is 251 cm³/mol. The van der Waals surface area contributed by atoms with Gasteiger partial charge < -0.3 is 33.7 Å². The number of amides is 2. The maximum Gasteiger partial charge on any atom is 0.508 e. The lowest BCUT2D eigenvalue weighted by atomic mass is 9.98. The molecule has 0 radical (unpaired) electrons. The van der Waals surface area contributed by atoms with Gasteiger partial charge in [-0.05, 0) is 46.2 Å². The number of ether oxygens (including phenoxy) is 6. The number of carbonyl (C=O) groups is 4. The molecule has 6 aromatic rings. The molecule has 1 fully saturated rings. The molecule has 0 saturated carbocycles. The van der Waals surface area contributed by atoms with Gasteiger partial charge in [-0.15, -0.1) is 0 Å². The number of imidazole rings is 1. The van der Waals surface area contributed by atoms with E-state index < -0.39 is 52.6 Å². The van der Waals surface area contributed by atoms with Crippen LogP contribution in [-0.4, -0.2) is 98.9 Å². The molecule has 0 spiro atoms. The van der Waals surface area contributed by atoms with E-state index in [0.717, 1.165) is 27.8 Å². The van der Waals surface area contributed by atoms with Crippen LogP contribution in [0.1, 0.15) is 66.5 Å². The molecule has 1 aliphatic heterocycles. The van der Waals surface area contributed by atoms with Crippen molar-refractivity contribution in [2.24, 2.45) is 0 Å². The molecule has 3 atom stereocenters. The minimum Gasteiger partial charge on any atom is -0.463 e. The van der Waals surface area contributed by atoms with E-state index in [9.17, 15) is 39.4 Å². The van der Waals surface area contributed by atoms with Crippen LogP contribution in [0.15, 0.2) is 110 Å². The van der Waals surface area contributed by atoms with Crippen LogP contribution in [-0.2, 0) is 46.1 Å². The number of nitro groups is 2. The zero-order valence-corrected chi connectivity index (χ0v) is 38.1. The van der Waals surface area contributed by atoms with Crippen molar-refractivity contribution in [3.63, 3.8) is 0 Å². The first-order valence-electron chi connectivity index (χ1n) is 22.8. The number of nitro benzene ring substituents is 2. The number of alkyl carbamates (subject to hydrolysis) is 1. The lowest BCUT2D eigenvalue weighted by Gasteiger charge is -2.20. The Hall–Kier alpha value is -8.53. The van der Waals surface area contributed by atoms with Crippen molar-refractivity contribution in [2.75, 3.05) is 38.3 Å². The number of unbranched alkanes of at least 4 members (excludes halogenated alkanes) is 2. The average molecular weight is 973 g/mol. The van der Waals surface area contributed by atoms with Gasteiger partial charge in [-0.3, -0.25) is 34.9 Å². The summed E-state index contributed by atoms with van der Waals surface area (Å²) in [6, 6.07) is 27.9. The number of esters is 1. The maximum atomic E-state index is 13.0. The maximum absolute atomic E-state index is 13.0. The number of anilines is 1. The van der Waals surface area contributed by atoms with Crippen molar-refractivity contribution < 1.29 is 57.4 Å². The number of hydrogen-bond donors (Lipinski definition) is 2. The Kier molecular flexibility index (Phi) is 16.0. The van der Waals surface area contributed by atoms with Crippen molar-refractivity contribution in [2.45, 2.75) is 69.3 Å². The summed E-state index contributed by atoms with van der Waals surface area (Å²) >= 11 is 0. The summed E-state index contributed by atoms with van der Waals surface area (Å²) in [6.45, 7) is 0.267. The highest BCUT2D eigenvalue weighted by atomic mass is 16.7. The highest BCUT2D eigenvalue weighted by Crippen LogP contribution is 2.44. The number of nitrogens with zero attached hydrogens (tertiary/aromatic N) is 6. The lowest BCUT2D eigenvalue weighted by molar-refractivity contribution is -0.385. The van der Waals surface area contributed by atoms with Crippen molar-refractivity contribution in [3.8, 4) is 11.1 Å². The first kappa shape index (κ1) is 48.9. The van der Waals surface area contributed by atoms with E-state index in [1.807, 2.05) is 24.3 Å². The summed E-state index contributed by atoms with van der Waals surface area (Å²) in [5.74, 6) is -0.509. The van der Waals surface area contributed by atoms with Crippen LogP contribution in [0.3, 0.4) is 0 Å². The smallest absolute Gasteiger partial charge is 0.463 e. The fourth-order valence-corrected chi connectivity index (χ4v) is 8.35. The molecule has 2 amide bonds. The molecule has 1 aliphatic carbocycles. The molecule has 3 heterocycles. The van der Waals surface area contributed by atoms with Crippen LogP contribution in [0, 0.1) is 20.2 Å². The monoisotopic (exact) mass is 972 g/mol. The van der Waals surface area contributed by atoms with E-state index >= 15 is 0 Å². The first-order valence-corrected chi connectivity index (χ1v) is 22.8. The molecule has 22 heteroatoms. The Morgan fingerprint density at radius 2 is 1.34 bits per heavy atom. The predicted octanol–water partition coefficient (Wildman–Crippen LogP) is 8.13. The molecule has 8 rings (SSSR count). The standard InChI is InChI=1S/C49H48N8O14/c58-42(12-2-1-7-23-50-47(59)69-28-40-38-10-5-3-8-36(38)37-9-4-6-11-39(37)40)68-27-35-26-41(71-49(61)67-25-22-32-15-19-34(20-16-32)57(64)65)46(70-35)55-30-53-43-44(51-29-52-45(43)55)54-48(60)66-24-21-31-13-17-33(18-14-31)56(62)63/h3-6,8-11,13-20,29-30,35,40-41,46H,1-2,7,12,21-28H2,(H,50,59)(H,51,52,54,60)/t35-,41+,46+/m0/s1. The minimum absolute atomic E-state index is 0.00805. The summed E-state index contributed by atoms with van der Waals surface area (Å²) in [7, 11) is 0.